The van der Waals surface area contributed by atoms with Crippen molar-refractivity contribution in [2.45, 2.75) is 0 Å². The Morgan fingerprint density at radius 2 is 2.11 bits per heavy atom. The van der Waals surface area contributed by atoms with Crippen molar-refractivity contribution in [3.8, 4) is 5.69 Å². The quantitative estimate of drug-likeness (QED) is 0.874. The van der Waals surface area contributed by atoms with Gasteiger partial charge < -0.3 is 10.8 Å². The lowest BCUT2D eigenvalue weighted by Gasteiger charge is -2.07. The number of carbonyl (C=O) groups is 2. The van der Waals surface area contributed by atoms with Gasteiger partial charge in [0.2, 0.25) is 0 Å². The monoisotopic (exact) mass is 265 g/mol. The number of hydrogen-bond donors (Lipinski definition) is 2. The second kappa shape index (κ2) is 4.50. The Labute approximate surface area is 107 Å². The number of para-hydroxylation sites is 1. The van der Waals surface area contributed by atoms with Crippen molar-refractivity contribution < 1.29 is 14.7 Å². The van der Waals surface area contributed by atoms with Crippen LogP contribution in [0.15, 0.2) is 30.6 Å². The van der Waals surface area contributed by atoms with E-state index in [1.54, 1.807) is 0 Å². The summed E-state index contributed by atoms with van der Waals surface area (Å²) in [4.78, 5) is 22.1. The molecule has 1 aromatic heterocycles. The number of halogens is 1. The molecule has 1 amide bonds. The van der Waals surface area contributed by atoms with E-state index in [4.69, 9.17) is 22.4 Å². The van der Waals surface area contributed by atoms with Crippen LogP contribution in [0.3, 0.4) is 0 Å². The largest absolute Gasteiger partial charge is 0.478 e. The first-order valence-corrected chi connectivity index (χ1v) is 5.25. The number of hydrogen-bond acceptors (Lipinski definition) is 3. The predicted octanol–water partition coefficient (Wildman–Crippen LogP) is 1.32. The topological polar surface area (TPSA) is 98.2 Å². The SMILES string of the molecule is NC(=O)c1cnn(-c2c(Cl)cccc2C(=O)O)c1. The summed E-state index contributed by atoms with van der Waals surface area (Å²) < 4.78 is 1.21. The number of aromatic carboxylic acids is 1. The number of benzene rings is 1. The first kappa shape index (κ1) is 12.1. The maximum Gasteiger partial charge on any atom is 0.337 e. The molecule has 0 aliphatic carbocycles. The molecule has 1 heterocycles. The zero-order valence-electron chi connectivity index (χ0n) is 9.00. The third kappa shape index (κ3) is 2.05. The number of primary amides is 1. The van der Waals surface area contributed by atoms with Crippen molar-refractivity contribution in [3.63, 3.8) is 0 Å². The molecule has 92 valence electrons. The van der Waals surface area contributed by atoms with Gasteiger partial charge >= 0.3 is 5.97 Å². The lowest BCUT2D eigenvalue weighted by Crippen LogP contribution is -2.10. The van der Waals surface area contributed by atoms with Crippen LogP contribution in [0.4, 0.5) is 0 Å². The molecule has 0 radical (unpaired) electrons. The summed E-state index contributed by atoms with van der Waals surface area (Å²) in [7, 11) is 0. The van der Waals surface area contributed by atoms with Gasteiger partial charge in [0.05, 0.1) is 28.0 Å². The lowest BCUT2D eigenvalue weighted by atomic mass is 10.2. The second-order valence-corrected chi connectivity index (χ2v) is 3.89. The first-order valence-electron chi connectivity index (χ1n) is 4.87. The highest BCUT2D eigenvalue weighted by Gasteiger charge is 2.16. The van der Waals surface area contributed by atoms with E-state index in [1.807, 2.05) is 0 Å². The van der Waals surface area contributed by atoms with E-state index in [9.17, 15) is 9.59 Å². The molecule has 1 aromatic carbocycles. The highest BCUT2D eigenvalue weighted by atomic mass is 35.5. The number of nitrogens with zero attached hydrogens (tertiary/aromatic N) is 2. The summed E-state index contributed by atoms with van der Waals surface area (Å²) in [6, 6.07) is 4.46. The summed E-state index contributed by atoms with van der Waals surface area (Å²) in [6.45, 7) is 0. The Balaban J connectivity index is 2.62. The van der Waals surface area contributed by atoms with Crippen LogP contribution in [0.1, 0.15) is 20.7 Å². The maximum absolute atomic E-state index is 11.1. The fraction of sp³-hybridized carbons (Fsp3) is 0. The van der Waals surface area contributed by atoms with E-state index in [2.05, 4.69) is 5.10 Å². The molecule has 0 fully saturated rings. The highest BCUT2D eigenvalue weighted by molar-refractivity contribution is 6.33. The molecule has 3 N–H and O–H groups in total. The van der Waals surface area contributed by atoms with Crippen LogP contribution in [0.2, 0.25) is 5.02 Å². The van der Waals surface area contributed by atoms with E-state index >= 15 is 0 Å². The standard InChI is InChI=1S/C11H8ClN3O3/c12-8-3-1-2-7(11(17)18)9(8)15-5-6(4-14-15)10(13)16/h1-5H,(H2,13,16)(H,17,18). The summed E-state index contributed by atoms with van der Waals surface area (Å²) in [5, 5.41) is 13.2. The second-order valence-electron chi connectivity index (χ2n) is 3.48. The molecule has 6 nitrogen and oxygen atoms in total. The predicted molar refractivity (Wildman–Crippen MR) is 64.1 cm³/mol. The molecule has 0 saturated carbocycles. The van der Waals surface area contributed by atoms with Crippen LogP contribution >= 0.6 is 11.6 Å². The highest BCUT2D eigenvalue weighted by Crippen LogP contribution is 2.24. The molecule has 0 aliphatic heterocycles. The van der Waals surface area contributed by atoms with E-state index in [1.165, 1.54) is 35.3 Å². The van der Waals surface area contributed by atoms with Gasteiger partial charge in [0, 0.05) is 6.20 Å². The number of carboxylic acids is 1. The molecule has 0 unspecified atom stereocenters. The summed E-state index contributed by atoms with van der Waals surface area (Å²) >= 11 is 5.96. The average molecular weight is 266 g/mol. The third-order valence-electron chi connectivity index (χ3n) is 2.31. The van der Waals surface area contributed by atoms with Gasteiger partial charge in [0.15, 0.2) is 0 Å². The lowest BCUT2D eigenvalue weighted by molar-refractivity contribution is 0.0696. The minimum absolute atomic E-state index is 0.0124. The molecule has 0 aliphatic rings. The smallest absolute Gasteiger partial charge is 0.337 e. The van der Waals surface area contributed by atoms with Gasteiger partial charge in [-0.2, -0.15) is 5.10 Å². The van der Waals surface area contributed by atoms with E-state index in [0.29, 0.717) is 0 Å². The van der Waals surface area contributed by atoms with E-state index < -0.39 is 11.9 Å². The van der Waals surface area contributed by atoms with Crippen LogP contribution in [0, 0.1) is 0 Å². The summed E-state index contributed by atoms with van der Waals surface area (Å²) in [6.07, 6.45) is 2.58. The number of amides is 1. The minimum Gasteiger partial charge on any atom is -0.478 e. The Morgan fingerprint density at radius 3 is 2.67 bits per heavy atom. The van der Waals surface area contributed by atoms with E-state index in [-0.39, 0.29) is 21.8 Å². The third-order valence-corrected chi connectivity index (χ3v) is 2.62. The number of carbonyl (C=O) groups excluding carboxylic acids is 1. The van der Waals surface area contributed by atoms with Gasteiger partial charge in [-0.05, 0) is 12.1 Å². The van der Waals surface area contributed by atoms with Crippen LogP contribution in [0.5, 0.6) is 0 Å². The fourth-order valence-corrected chi connectivity index (χ4v) is 1.75. The van der Waals surface area contributed by atoms with Gasteiger partial charge in [-0.25, -0.2) is 9.48 Å². The number of nitrogens with two attached hydrogens (primary N) is 1. The Bertz CT molecular complexity index is 636. The molecule has 0 saturated heterocycles. The van der Waals surface area contributed by atoms with Gasteiger partial charge in [-0.1, -0.05) is 17.7 Å². The average Bonchev–Trinajstić information content (AvgIpc) is 2.77. The van der Waals surface area contributed by atoms with Crippen molar-refractivity contribution in [2.75, 3.05) is 0 Å². The number of carboxylic acid groups (broad SMARTS) is 1. The molecule has 2 aromatic rings. The Morgan fingerprint density at radius 1 is 1.39 bits per heavy atom. The molecule has 0 bridgehead atoms. The van der Waals surface area contributed by atoms with Crippen LogP contribution < -0.4 is 5.73 Å². The minimum atomic E-state index is -1.14. The molecule has 7 heteroatoms. The van der Waals surface area contributed by atoms with Crippen molar-refractivity contribution in [3.05, 3.63) is 46.7 Å². The zero-order chi connectivity index (χ0) is 13.3. The van der Waals surface area contributed by atoms with Crippen molar-refractivity contribution in [1.82, 2.24) is 9.78 Å². The Kier molecular flexibility index (Phi) is 3.03. The fourth-order valence-electron chi connectivity index (χ4n) is 1.49. The normalized spacial score (nSPS) is 10.3. The molecular formula is C11H8ClN3O3. The summed E-state index contributed by atoms with van der Waals surface area (Å²) in [5.74, 6) is -1.78. The van der Waals surface area contributed by atoms with Crippen molar-refractivity contribution in [2.24, 2.45) is 5.73 Å². The molecule has 0 spiro atoms. The molecular weight excluding hydrogens is 258 g/mol. The van der Waals surface area contributed by atoms with E-state index in [0.717, 1.165) is 0 Å². The van der Waals surface area contributed by atoms with Crippen LogP contribution in [-0.2, 0) is 0 Å². The Hall–Kier alpha value is -2.34. The van der Waals surface area contributed by atoms with Gasteiger partial charge in [-0.15, -0.1) is 0 Å². The van der Waals surface area contributed by atoms with Crippen LogP contribution in [0.25, 0.3) is 5.69 Å². The van der Waals surface area contributed by atoms with Gasteiger partial charge in [0.25, 0.3) is 5.91 Å². The maximum atomic E-state index is 11.1. The van der Waals surface area contributed by atoms with Crippen molar-refractivity contribution in [1.29, 1.82) is 0 Å². The number of rotatable bonds is 3. The molecule has 0 atom stereocenters. The van der Waals surface area contributed by atoms with Crippen molar-refractivity contribution >= 4 is 23.5 Å². The molecule has 18 heavy (non-hydrogen) atoms. The van der Waals surface area contributed by atoms with Gasteiger partial charge in [-0.3, -0.25) is 4.79 Å². The van der Waals surface area contributed by atoms with Crippen LogP contribution in [-0.4, -0.2) is 26.8 Å². The zero-order valence-corrected chi connectivity index (χ0v) is 9.76. The number of aromatic nitrogens is 2. The van der Waals surface area contributed by atoms with Gasteiger partial charge in [0.1, 0.15) is 0 Å². The first-order chi connectivity index (χ1) is 8.50. The molecule has 2 rings (SSSR count). The summed E-state index contributed by atoms with van der Waals surface area (Å²) in [5.41, 5.74) is 5.45.